The van der Waals surface area contributed by atoms with Crippen LogP contribution in [0.5, 0.6) is 0 Å². The van der Waals surface area contributed by atoms with Gasteiger partial charge in [-0.1, -0.05) is 78.7 Å². The molecule has 176 valence electrons. The van der Waals surface area contributed by atoms with Crippen LogP contribution < -0.4 is 0 Å². The van der Waals surface area contributed by atoms with Crippen LogP contribution in [0.4, 0.5) is 0 Å². The van der Waals surface area contributed by atoms with Gasteiger partial charge in [0, 0.05) is 0 Å². The Morgan fingerprint density at radius 3 is 2.35 bits per heavy atom. The second-order valence-corrected chi connectivity index (χ2v) is 14.1. The van der Waals surface area contributed by atoms with E-state index in [0.717, 1.165) is 23.7 Å². The molecule has 0 heterocycles. The Hall–Kier alpha value is -0.520. The monoisotopic (exact) mass is 424 g/mol. The van der Waals surface area contributed by atoms with Crippen LogP contribution >= 0.6 is 0 Å². The van der Waals surface area contributed by atoms with E-state index in [1.165, 1.54) is 69.8 Å². The average molecular weight is 425 g/mol. The fraction of sp³-hybridized carbons (Fsp3) is 0.871. The molecule has 0 heteroatoms. The second kappa shape index (κ2) is 7.77. The lowest BCUT2D eigenvalue weighted by atomic mass is 9.37. The number of allylic oxidation sites excluding steroid dienone is 3. The molecule has 4 rings (SSSR count). The minimum Gasteiger partial charge on any atom is -0.0999 e. The van der Waals surface area contributed by atoms with Gasteiger partial charge in [0.2, 0.25) is 0 Å². The van der Waals surface area contributed by atoms with Gasteiger partial charge >= 0.3 is 0 Å². The SMILES string of the molecule is C=C(C)[C@H](C)CC[C@@H](C)[C@H]1CC[C@]2(C)C1=CC[C@@H]1[C@@]3(C)CCCC(C)(C)[C@@H]3CC[C@]12C. The Morgan fingerprint density at radius 1 is 0.968 bits per heavy atom. The summed E-state index contributed by atoms with van der Waals surface area (Å²) in [4.78, 5) is 0. The number of fused-ring (bicyclic) bond motifs is 5. The number of rotatable bonds is 5. The van der Waals surface area contributed by atoms with Gasteiger partial charge in [0.25, 0.3) is 0 Å². The summed E-state index contributed by atoms with van der Waals surface area (Å²) in [6.07, 6.45) is 17.0. The van der Waals surface area contributed by atoms with Gasteiger partial charge < -0.3 is 0 Å². The summed E-state index contributed by atoms with van der Waals surface area (Å²) in [7, 11) is 0. The molecular formula is C31H52. The van der Waals surface area contributed by atoms with Crippen LogP contribution in [0.2, 0.25) is 0 Å². The van der Waals surface area contributed by atoms with Crippen molar-refractivity contribution in [2.75, 3.05) is 0 Å². The van der Waals surface area contributed by atoms with Crippen LogP contribution in [0, 0.1) is 51.2 Å². The van der Waals surface area contributed by atoms with Crippen molar-refractivity contribution < 1.29 is 0 Å². The van der Waals surface area contributed by atoms with E-state index in [9.17, 15) is 0 Å². The maximum Gasteiger partial charge on any atom is -0.00566 e. The van der Waals surface area contributed by atoms with Gasteiger partial charge in [-0.05, 0) is 116 Å². The zero-order valence-corrected chi connectivity index (χ0v) is 22.2. The summed E-state index contributed by atoms with van der Waals surface area (Å²) < 4.78 is 0. The second-order valence-electron chi connectivity index (χ2n) is 14.1. The Balaban J connectivity index is 1.60. The summed E-state index contributed by atoms with van der Waals surface area (Å²) in [5.41, 5.74) is 5.25. The zero-order valence-electron chi connectivity index (χ0n) is 22.2. The first-order valence-corrected chi connectivity index (χ1v) is 13.7. The normalized spacial score (nSPS) is 45.7. The minimum absolute atomic E-state index is 0.435. The molecule has 0 radical (unpaired) electrons. The molecule has 0 unspecified atom stereocenters. The number of hydrogen-bond acceptors (Lipinski definition) is 0. The van der Waals surface area contributed by atoms with Crippen molar-refractivity contribution in [3.63, 3.8) is 0 Å². The molecule has 0 spiro atoms. The Labute approximate surface area is 194 Å². The van der Waals surface area contributed by atoms with E-state index in [4.69, 9.17) is 0 Å². The van der Waals surface area contributed by atoms with E-state index >= 15 is 0 Å². The van der Waals surface area contributed by atoms with E-state index in [1.54, 1.807) is 0 Å². The summed E-state index contributed by atoms with van der Waals surface area (Å²) in [6.45, 7) is 24.7. The largest absolute Gasteiger partial charge is 0.0999 e. The van der Waals surface area contributed by atoms with Gasteiger partial charge in [-0.15, -0.1) is 0 Å². The molecule has 0 nitrogen and oxygen atoms in total. The third-order valence-electron chi connectivity index (χ3n) is 12.2. The van der Waals surface area contributed by atoms with E-state index in [1.807, 2.05) is 5.57 Å². The first kappa shape index (κ1) is 23.6. The molecule has 0 saturated heterocycles. The smallest absolute Gasteiger partial charge is 0.00566 e. The van der Waals surface area contributed by atoms with Crippen molar-refractivity contribution in [3.8, 4) is 0 Å². The molecule has 3 fully saturated rings. The van der Waals surface area contributed by atoms with Crippen molar-refractivity contribution in [2.24, 2.45) is 51.2 Å². The highest BCUT2D eigenvalue weighted by Gasteiger charge is 2.65. The lowest BCUT2D eigenvalue weighted by Gasteiger charge is -2.67. The van der Waals surface area contributed by atoms with Gasteiger partial charge in [-0.25, -0.2) is 0 Å². The third-order valence-corrected chi connectivity index (χ3v) is 12.2. The van der Waals surface area contributed by atoms with Gasteiger partial charge in [-0.2, -0.15) is 0 Å². The lowest BCUT2D eigenvalue weighted by Crippen LogP contribution is -2.60. The summed E-state index contributed by atoms with van der Waals surface area (Å²) >= 11 is 0. The Kier molecular flexibility index (Phi) is 5.92. The van der Waals surface area contributed by atoms with E-state index < -0.39 is 0 Å². The Morgan fingerprint density at radius 2 is 1.68 bits per heavy atom. The minimum atomic E-state index is 0.435. The van der Waals surface area contributed by atoms with Crippen molar-refractivity contribution in [1.29, 1.82) is 0 Å². The standard InChI is InChI=1S/C31H52/c1-21(2)22(3)11-12-23(4)24-15-19-30(8)25(24)13-14-27-29(7)18-10-17-28(5,6)26(29)16-20-31(27,30)9/h13,22-24,26-27H,1,10-12,14-20H2,2-9H3/t22-,23-,24-,26+,27-,29+,30-,31-/m1/s1. The van der Waals surface area contributed by atoms with Crippen molar-refractivity contribution in [3.05, 3.63) is 23.8 Å². The molecule has 0 aromatic heterocycles. The van der Waals surface area contributed by atoms with Gasteiger partial charge in [0.05, 0.1) is 0 Å². The van der Waals surface area contributed by atoms with Crippen molar-refractivity contribution in [1.82, 2.24) is 0 Å². The topological polar surface area (TPSA) is 0 Å². The molecule has 0 aromatic carbocycles. The van der Waals surface area contributed by atoms with Crippen molar-refractivity contribution in [2.45, 2.75) is 120 Å². The van der Waals surface area contributed by atoms with Crippen LogP contribution in [-0.2, 0) is 0 Å². The first-order chi connectivity index (χ1) is 14.4. The summed E-state index contributed by atoms with van der Waals surface area (Å²) in [5.74, 6) is 4.11. The molecule has 0 aromatic rings. The molecule has 4 aliphatic rings. The highest BCUT2D eigenvalue weighted by atomic mass is 14.7. The first-order valence-electron chi connectivity index (χ1n) is 13.7. The predicted octanol–water partition coefficient (Wildman–Crippen LogP) is 9.61. The van der Waals surface area contributed by atoms with Crippen LogP contribution in [-0.4, -0.2) is 0 Å². The molecular weight excluding hydrogens is 372 g/mol. The van der Waals surface area contributed by atoms with Gasteiger partial charge in [0.1, 0.15) is 0 Å². The van der Waals surface area contributed by atoms with E-state index in [-0.39, 0.29) is 0 Å². The molecule has 31 heavy (non-hydrogen) atoms. The molecule has 0 amide bonds. The molecule has 0 aliphatic heterocycles. The summed E-state index contributed by atoms with van der Waals surface area (Å²) in [6, 6.07) is 0. The maximum absolute atomic E-state index is 4.20. The fourth-order valence-corrected chi connectivity index (χ4v) is 9.78. The van der Waals surface area contributed by atoms with E-state index in [2.05, 4.69) is 68.0 Å². The van der Waals surface area contributed by atoms with Crippen LogP contribution in [0.1, 0.15) is 120 Å². The van der Waals surface area contributed by atoms with Gasteiger partial charge in [-0.3, -0.25) is 0 Å². The number of hydrogen-bond donors (Lipinski definition) is 0. The van der Waals surface area contributed by atoms with Crippen LogP contribution in [0.15, 0.2) is 23.8 Å². The highest BCUT2D eigenvalue weighted by molar-refractivity contribution is 5.32. The van der Waals surface area contributed by atoms with E-state index in [0.29, 0.717) is 27.6 Å². The Bertz CT molecular complexity index is 739. The van der Waals surface area contributed by atoms with Crippen LogP contribution in [0.3, 0.4) is 0 Å². The maximum atomic E-state index is 4.20. The molecule has 8 atom stereocenters. The molecule has 3 saturated carbocycles. The lowest BCUT2D eigenvalue weighted by molar-refractivity contribution is -0.164. The zero-order chi connectivity index (χ0) is 22.8. The molecule has 0 bridgehead atoms. The highest BCUT2D eigenvalue weighted by Crippen LogP contribution is 2.74. The predicted molar refractivity (Wildman–Crippen MR) is 136 cm³/mol. The average Bonchev–Trinajstić information content (AvgIpc) is 3.03. The van der Waals surface area contributed by atoms with Crippen molar-refractivity contribution >= 4 is 0 Å². The fourth-order valence-electron chi connectivity index (χ4n) is 9.78. The summed E-state index contributed by atoms with van der Waals surface area (Å²) in [5, 5.41) is 0. The molecule has 4 aliphatic carbocycles. The quantitative estimate of drug-likeness (QED) is 0.385. The third kappa shape index (κ3) is 3.44. The van der Waals surface area contributed by atoms with Gasteiger partial charge in [0.15, 0.2) is 0 Å². The van der Waals surface area contributed by atoms with Crippen LogP contribution in [0.25, 0.3) is 0 Å². The molecule has 0 N–H and O–H groups in total.